The molecule has 5 nitrogen and oxygen atoms in total. The number of nitrogens with one attached hydrogen (secondary N) is 1. The largest absolute Gasteiger partial charge is 0.351 e. The number of carbonyl (C=O) groups is 1. The van der Waals surface area contributed by atoms with Crippen molar-refractivity contribution in [1.29, 1.82) is 0 Å². The number of thiophene rings is 1. The Morgan fingerprint density at radius 1 is 1.06 bits per heavy atom. The second-order valence-electron chi connectivity index (χ2n) is 8.20. The number of aryl methyl sites for hydroxylation is 1. The predicted octanol–water partition coefficient (Wildman–Crippen LogP) is 6.03. The highest BCUT2D eigenvalue weighted by atomic mass is 35.5. The summed E-state index contributed by atoms with van der Waals surface area (Å²) >= 11 is 9.09. The Morgan fingerprint density at radius 3 is 2.60 bits per heavy atom. The van der Waals surface area contributed by atoms with Gasteiger partial charge in [-0.05, 0) is 30.2 Å². The third-order valence-electron chi connectivity index (χ3n) is 5.68. The number of nitrogens with zero attached hydrogens (tertiary/aromatic N) is 2. The molecule has 1 amide bonds. The maximum atomic E-state index is 13.6. The first-order chi connectivity index (χ1) is 17.0. The van der Waals surface area contributed by atoms with Crippen LogP contribution in [0, 0.1) is 6.92 Å². The molecule has 35 heavy (non-hydrogen) atoms. The molecule has 0 aliphatic heterocycles. The van der Waals surface area contributed by atoms with E-state index in [2.05, 4.69) is 5.32 Å². The van der Waals surface area contributed by atoms with Crippen LogP contribution in [0.1, 0.15) is 16.7 Å². The van der Waals surface area contributed by atoms with Gasteiger partial charge in [-0.25, -0.2) is 4.98 Å². The van der Waals surface area contributed by atoms with Gasteiger partial charge in [-0.1, -0.05) is 89.6 Å². The normalized spacial score (nSPS) is 11.3. The zero-order chi connectivity index (χ0) is 24.4. The van der Waals surface area contributed by atoms with E-state index in [1.54, 1.807) is 10.6 Å². The van der Waals surface area contributed by atoms with E-state index < -0.39 is 0 Å². The van der Waals surface area contributed by atoms with Crippen molar-refractivity contribution >= 4 is 60.9 Å². The van der Waals surface area contributed by atoms with Crippen LogP contribution in [0.2, 0.25) is 5.02 Å². The summed E-state index contributed by atoms with van der Waals surface area (Å²) in [5.41, 5.74) is 3.58. The molecule has 0 aliphatic carbocycles. The molecule has 0 aliphatic rings. The van der Waals surface area contributed by atoms with Crippen LogP contribution in [-0.4, -0.2) is 21.2 Å². The number of amides is 1. The smallest absolute Gasteiger partial charge is 0.272 e. The summed E-state index contributed by atoms with van der Waals surface area (Å²) in [6, 6.07) is 23.4. The van der Waals surface area contributed by atoms with Gasteiger partial charge in [0.25, 0.3) is 5.56 Å². The first-order valence-corrected chi connectivity index (χ1v) is 13.3. The number of fused-ring (bicyclic) bond motifs is 3. The molecule has 2 aromatic heterocycles. The molecule has 0 bridgehead atoms. The number of thioether (sulfide) groups is 1. The fraction of sp³-hybridized carbons (Fsp3) is 0.148. The van der Waals surface area contributed by atoms with Crippen LogP contribution in [0.5, 0.6) is 0 Å². The van der Waals surface area contributed by atoms with E-state index in [9.17, 15) is 9.59 Å². The van der Waals surface area contributed by atoms with Crippen molar-refractivity contribution in [1.82, 2.24) is 14.9 Å². The van der Waals surface area contributed by atoms with Gasteiger partial charge in [0.1, 0.15) is 4.70 Å². The minimum atomic E-state index is -0.126. The lowest BCUT2D eigenvalue weighted by molar-refractivity contribution is -0.118. The second-order valence-corrected chi connectivity index (χ2v) is 10.6. The molecule has 8 heteroatoms. The van der Waals surface area contributed by atoms with E-state index in [4.69, 9.17) is 16.6 Å². The molecule has 176 valence electrons. The summed E-state index contributed by atoms with van der Waals surface area (Å²) in [7, 11) is 0. The number of aromatic nitrogens is 2. The zero-order valence-corrected chi connectivity index (χ0v) is 21.3. The van der Waals surface area contributed by atoms with E-state index in [-0.39, 0.29) is 23.8 Å². The van der Waals surface area contributed by atoms with Gasteiger partial charge in [0, 0.05) is 21.7 Å². The van der Waals surface area contributed by atoms with Crippen LogP contribution in [-0.2, 0) is 17.9 Å². The van der Waals surface area contributed by atoms with E-state index in [0.717, 1.165) is 21.2 Å². The maximum absolute atomic E-state index is 13.6. The summed E-state index contributed by atoms with van der Waals surface area (Å²) < 4.78 is 3.23. The van der Waals surface area contributed by atoms with Crippen LogP contribution >= 0.6 is 34.7 Å². The van der Waals surface area contributed by atoms with Crippen molar-refractivity contribution in [2.45, 2.75) is 25.2 Å². The van der Waals surface area contributed by atoms with E-state index in [1.165, 1.54) is 28.7 Å². The lowest BCUT2D eigenvalue weighted by atomic mass is 10.1. The molecule has 1 N–H and O–H groups in total. The number of hydrogen-bond acceptors (Lipinski definition) is 5. The van der Waals surface area contributed by atoms with Crippen molar-refractivity contribution in [2.24, 2.45) is 0 Å². The Morgan fingerprint density at radius 2 is 1.80 bits per heavy atom. The molecule has 0 fully saturated rings. The number of rotatable bonds is 7. The predicted molar refractivity (Wildman–Crippen MR) is 146 cm³/mol. The average Bonchev–Trinajstić information content (AvgIpc) is 3.24. The SMILES string of the molecule is Cc1ccc(CNC(=O)CSc2nc3c(sc4ccccc43)c(=O)n2Cc2ccccc2Cl)cc1. The molecular weight excluding hydrogens is 498 g/mol. The lowest BCUT2D eigenvalue weighted by Crippen LogP contribution is -2.26. The topological polar surface area (TPSA) is 64.0 Å². The third kappa shape index (κ3) is 5.12. The van der Waals surface area contributed by atoms with Gasteiger partial charge in [0.05, 0.1) is 17.8 Å². The van der Waals surface area contributed by atoms with E-state index in [1.807, 2.05) is 73.7 Å². The van der Waals surface area contributed by atoms with Crippen LogP contribution < -0.4 is 10.9 Å². The van der Waals surface area contributed by atoms with E-state index in [0.29, 0.717) is 26.9 Å². The Hall–Kier alpha value is -3.13. The Bertz CT molecular complexity index is 1590. The highest BCUT2D eigenvalue weighted by Crippen LogP contribution is 2.32. The fourth-order valence-electron chi connectivity index (χ4n) is 3.79. The van der Waals surface area contributed by atoms with Gasteiger partial charge in [-0.3, -0.25) is 14.2 Å². The number of benzene rings is 3. The first kappa shape index (κ1) is 23.6. The Kier molecular flexibility index (Phi) is 6.90. The summed E-state index contributed by atoms with van der Waals surface area (Å²) in [6.45, 7) is 2.76. The second kappa shape index (κ2) is 10.2. The Balaban J connectivity index is 1.45. The van der Waals surface area contributed by atoms with Gasteiger partial charge >= 0.3 is 0 Å². The van der Waals surface area contributed by atoms with Crippen molar-refractivity contribution in [3.05, 3.63) is 105 Å². The monoisotopic (exact) mass is 519 g/mol. The molecule has 3 aromatic carbocycles. The van der Waals surface area contributed by atoms with Gasteiger partial charge in [-0.2, -0.15) is 0 Å². The van der Waals surface area contributed by atoms with Crippen molar-refractivity contribution < 1.29 is 4.79 Å². The molecule has 5 aromatic rings. The third-order valence-corrected chi connectivity index (χ3v) is 8.17. The van der Waals surface area contributed by atoms with E-state index >= 15 is 0 Å². The molecular formula is C27H22ClN3O2S2. The molecule has 0 unspecified atom stereocenters. The van der Waals surface area contributed by atoms with Crippen molar-refractivity contribution in [3.8, 4) is 0 Å². The van der Waals surface area contributed by atoms with Crippen LogP contribution in [0.3, 0.4) is 0 Å². The molecule has 5 rings (SSSR count). The van der Waals surface area contributed by atoms with Crippen LogP contribution in [0.4, 0.5) is 0 Å². The van der Waals surface area contributed by atoms with Crippen molar-refractivity contribution in [2.75, 3.05) is 5.75 Å². The van der Waals surface area contributed by atoms with Gasteiger partial charge in [0.2, 0.25) is 5.91 Å². The van der Waals surface area contributed by atoms with Crippen LogP contribution in [0.25, 0.3) is 20.3 Å². The standard InChI is InChI=1S/C27H22ClN3O2S2/c1-17-10-12-18(13-11-17)14-29-23(32)16-34-27-30-24-20-7-3-5-9-22(20)35-25(24)26(33)31(27)15-19-6-2-4-8-21(19)28/h2-13H,14-16H2,1H3,(H,29,32). The maximum Gasteiger partial charge on any atom is 0.272 e. The fourth-order valence-corrected chi connectivity index (χ4v) is 5.90. The molecule has 0 saturated heterocycles. The average molecular weight is 520 g/mol. The van der Waals surface area contributed by atoms with Gasteiger partial charge < -0.3 is 5.32 Å². The molecule has 0 saturated carbocycles. The lowest BCUT2D eigenvalue weighted by Gasteiger charge is -2.13. The van der Waals surface area contributed by atoms with Crippen LogP contribution in [0.15, 0.2) is 82.7 Å². The molecule has 0 radical (unpaired) electrons. The summed E-state index contributed by atoms with van der Waals surface area (Å²) in [5.74, 6) is 0.0263. The quantitative estimate of drug-likeness (QED) is 0.211. The molecule has 2 heterocycles. The van der Waals surface area contributed by atoms with Gasteiger partial charge in [-0.15, -0.1) is 11.3 Å². The zero-order valence-electron chi connectivity index (χ0n) is 19.0. The highest BCUT2D eigenvalue weighted by Gasteiger charge is 2.18. The number of hydrogen-bond donors (Lipinski definition) is 1. The summed E-state index contributed by atoms with van der Waals surface area (Å²) in [4.78, 5) is 31.1. The number of halogens is 1. The minimum Gasteiger partial charge on any atom is -0.351 e. The van der Waals surface area contributed by atoms with Gasteiger partial charge in [0.15, 0.2) is 5.16 Å². The summed E-state index contributed by atoms with van der Waals surface area (Å²) in [5, 5.41) is 4.98. The Labute approximate surface area is 215 Å². The minimum absolute atomic E-state index is 0.121. The highest BCUT2D eigenvalue weighted by molar-refractivity contribution is 7.99. The molecule has 0 atom stereocenters. The molecule has 0 spiro atoms. The summed E-state index contributed by atoms with van der Waals surface area (Å²) in [6.07, 6.45) is 0. The number of carbonyl (C=O) groups excluding carboxylic acids is 1. The van der Waals surface area contributed by atoms with Crippen molar-refractivity contribution in [3.63, 3.8) is 0 Å². The first-order valence-electron chi connectivity index (χ1n) is 11.1.